The summed E-state index contributed by atoms with van der Waals surface area (Å²) in [7, 11) is 0. The van der Waals surface area contributed by atoms with E-state index in [0.717, 1.165) is 48.1 Å². The first-order valence-electron chi connectivity index (χ1n) is 13.5. The minimum Gasteiger partial charge on any atom is -0.508 e. The Hall–Kier alpha value is -1.81. The molecule has 2 aliphatic carbocycles. The Bertz CT molecular complexity index is 935. The molecule has 2 N–H and O–H groups in total. The maximum absolute atomic E-state index is 13.0. The molecular weight excluding hydrogens is 424 g/mol. The molecule has 1 fully saturated rings. The third-order valence-corrected chi connectivity index (χ3v) is 8.78. The van der Waals surface area contributed by atoms with Gasteiger partial charge in [-0.1, -0.05) is 52.5 Å². The summed E-state index contributed by atoms with van der Waals surface area (Å²) in [6, 6.07) is 4.11. The molecule has 1 heterocycles. The molecule has 0 aromatic heterocycles. The van der Waals surface area contributed by atoms with E-state index in [4.69, 9.17) is 4.74 Å². The SMILES string of the molecule is CCCCCCC(C)(C)c1cc(O)c2c(c1)OC(C)(C)[C@@H]1CC=C(C(=O)CC3CC(O)C3)C[C@@H]21. The zero-order valence-corrected chi connectivity index (χ0v) is 21.8. The van der Waals surface area contributed by atoms with Crippen LogP contribution in [0, 0.1) is 11.8 Å². The van der Waals surface area contributed by atoms with Gasteiger partial charge in [0.25, 0.3) is 0 Å². The number of benzene rings is 1. The third kappa shape index (κ3) is 5.08. The minimum absolute atomic E-state index is 0.0362. The van der Waals surface area contributed by atoms with Gasteiger partial charge in [0.2, 0.25) is 0 Å². The number of aliphatic hydroxyl groups excluding tert-OH is 1. The fourth-order valence-corrected chi connectivity index (χ4v) is 6.41. The van der Waals surface area contributed by atoms with E-state index in [1.165, 1.54) is 25.7 Å². The third-order valence-electron chi connectivity index (χ3n) is 8.78. The summed E-state index contributed by atoms with van der Waals surface area (Å²) in [5, 5.41) is 20.8. The van der Waals surface area contributed by atoms with Gasteiger partial charge in [0.15, 0.2) is 5.78 Å². The largest absolute Gasteiger partial charge is 0.508 e. The second kappa shape index (κ2) is 9.68. The number of rotatable bonds is 9. The van der Waals surface area contributed by atoms with Gasteiger partial charge >= 0.3 is 0 Å². The molecule has 1 aromatic carbocycles. The molecule has 4 heteroatoms. The summed E-state index contributed by atoms with van der Waals surface area (Å²) in [6.45, 7) is 11.0. The van der Waals surface area contributed by atoms with Gasteiger partial charge in [0, 0.05) is 23.8 Å². The number of Topliss-reactive ketones (excluding diaryl/α,β-unsaturated/α-hetero) is 1. The van der Waals surface area contributed by atoms with Crippen LogP contribution >= 0.6 is 0 Å². The van der Waals surface area contributed by atoms with Gasteiger partial charge in [0.1, 0.15) is 17.1 Å². The van der Waals surface area contributed by atoms with Gasteiger partial charge in [-0.2, -0.15) is 0 Å². The van der Waals surface area contributed by atoms with Crippen molar-refractivity contribution in [3.63, 3.8) is 0 Å². The molecule has 0 bridgehead atoms. The molecule has 0 saturated heterocycles. The van der Waals surface area contributed by atoms with Gasteiger partial charge < -0.3 is 14.9 Å². The second-order valence-corrected chi connectivity index (χ2v) is 12.3. The Balaban J connectivity index is 1.57. The number of phenols is 1. The molecule has 0 unspecified atom stereocenters. The Kier molecular flexibility index (Phi) is 7.20. The number of allylic oxidation sites excluding steroid dienone is 2. The quantitative estimate of drug-likeness (QED) is 0.384. The zero-order valence-electron chi connectivity index (χ0n) is 21.8. The number of ether oxygens (including phenoxy) is 1. The highest BCUT2D eigenvalue weighted by atomic mass is 16.5. The lowest BCUT2D eigenvalue weighted by Gasteiger charge is -2.47. The van der Waals surface area contributed by atoms with E-state index in [1.807, 2.05) is 6.07 Å². The molecule has 1 saturated carbocycles. The van der Waals surface area contributed by atoms with Crippen molar-refractivity contribution in [1.82, 2.24) is 0 Å². The number of carbonyl (C=O) groups is 1. The van der Waals surface area contributed by atoms with Crippen LogP contribution in [-0.4, -0.2) is 27.7 Å². The van der Waals surface area contributed by atoms with E-state index in [2.05, 4.69) is 46.8 Å². The Morgan fingerprint density at radius 3 is 2.59 bits per heavy atom. The number of aliphatic hydroxyl groups is 1. The summed E-state index contributed by atoms with van der Waals surface area (Å²) in [5.41, 5.74) is 2.50. The molecule has 4 nitrogen and oxygen atoms in total. The molecule has 0 radical (unpaired) electrons. The monoisotopic (exact) mass is 468 g/mol. The fraction of sp³-hybridized carbons (Fsp3) is 0.700. The lowest BCUT2D eigenvalue weighted by atomic mass is 9.65. The molecule has 34 heavy (non-hydrogen) atoms. The lowest BCUT2D eigenvalue weighted by molar-refractivity contribution is -0.118. The molecular formula is C30H44O4. The highest BCUT2D eigenvalue weighted by Gasteiger charge is 2.47. The first-order valence-corrected chi connectivity index (χ1v) is 13.5. The molecule has 2 atom stereocenters. The number of unbranched alkanes of at least 4 members (excludes halogenated alkanes) is 3. The highest BCUT2D eigenvalue weighted by Crippen LogP contribution is 2.55. The van der Waals surface area contributed by atoms with Gasteiger partial charge in [-0.3, -0.25) is 4.79 Å². The molecule has 1 aromatic rings. The maximum Gasteiger partial charge on any atom is 0.158 e. The fourth-order valence-electron chi connectivity index (χ4n) is 6.41. The number of fused-ring (bicyclic) bond motifs is 3. The predicted octanol–water partition coefficient (Wildman–Crippen LogP) is 6.96. The number of hydrogen-bond donors (Lipinski definition) is 2. The summed E-state index contributed by atoms with van der Waals surface area (Å²) < 4.78 is 6.55. The van der Waals surface area contributed by atoms with E-state index < -0.39 is 0 Å². The maximum atomic E-state index is 13.0. The first kappa shape index (κ1) is 25.3. The number of carbonyl (C=O) groups excluding carboxylic acids is 1. The van der Waals surface area contributed by atoms with Crippen molar-refractivity contribution in [1.29, 1.82) is 0 Å². The van der Waals surface area contributed by atoms with E-state index in [-0.39, 0.29) is 34.7 Å². The van der Waals surface area contributed by atoms with Gasteiger partial charge in [-0.15, -0.1) is 0 Å². The number of ketones is 1. The molecule has 0 amide bonds. The first-order chi connectivity index (χ1) is 16.0. The Morgan fingerprint density at radius 1 is 1.18 bits per heavy atom. The standard InChI is InChI=1S/C30H44O4/c1-6-7-8-9-12-29(2,3)21-17-26(33)28-23-16-20(25(32)15-19-13-22(31)14-19)10-11-24(23)30(4,5)34-27(28)18-21/h10,17-19,22-24,31,33H,6-9,11-16H2,1-5H3/t19?,22?,23-,24-/m1/s1. The van der Waals surface area contributed by atoms with Crippen LogP contribution in [0.1, 0.15) is 116 Å². The van der Waals surface area contributed by atoms with Crippen LogP contribution in [0.3, 0.4) is 0 Å². The van der Waals surface area contributed by atoms with Crippen molar-refractivity contribution >= 4 is 5.78 Å². The van der Waals surface area contributed by atoms with Crippen molar-refractivity contribution < 1.29 is 19.7 Å². The van der Waals surface area contributed by atoms with E-state index >= 15 is 0 Å². The van der Waals surface area contributed by atoms with Gasteiger partial charge in [-0.05, 0) is 80.6 Å². The Morgan fingerprint density at radius 2 is 1.91 bits per heavy atom. The lowest BCUT2D eigenvalue weighted by Crippen LogP contribution is -2.46. The number of phenolic OH excluding ortho intramolecular Hbond substituents is 1. The van der Waals surface area contributed by atoms with E-state index in [1.54, 1.807) is 0 Å². The molecule has 188 valence electrons. The highest BCUT2D eigenvalue weighted by molar-refractivity contribution is 5.96. The van der Waals surface area contributed by atoms with Crippen LogP contribution < -0.4 is 4.74 Å². The van der Waals surface area contributed by atoms with Crippen molar-refractivity contribution in [2.45, 2.75) is 122 Å². The van der Waals surface area contributed by atoms with Crippen LogP contribution in [0.2, 0.25) is 0 Å². The normalized spacial score (nSPS) is 27.6. The minimum atomic E-state index is -0.364. The van der Waals surface area contributed by atoms with Crippen LogP contribution in [0.15, 0.2) is 23.8 Å². The second-order valence-electron chi connectivity index (χ2n) is 12.3. The molecule has 3 aliphatic rings. The van der Waals surface area contributed by atoms with Crippen molar-refractivity contribution in [2.24, 2.45) is 11.8 Å². The number of aromatic hydroxyl groups is 1. The number of hydrogen-bond acceptors (Lipinski definition) is 4. The molecule has 0 spiro atoms. The Labute approximate surface area is 205 Å². The zero-order chi connectivity index (χ0) is 24.7. The van der Waals surface area contributed by atoms with E-state index in [0.29, 0.717) is 24.5 Å². The van der Waals surface area contributed by atoms with Crippen LogP contribution in [0.4, 0.5) is 0 Å². The van der Waals surface area contributed by atoms with Crippen LogP contribution in [0.5, 0.6) is 11.5 Å². The summed E-state index contributed by atoms with van der Waals surface area (Å²) >= 11 is 0. The summed E-state index contributed by atoms with van der Waals surface area (Å²) in [4.78, 5) is 13.0. The molecule has 1 aliphatic heterocycles. The predicted molar refractivity (Wildman–Crippen MR) is 137 cm³/mol. The van der Waals surface area contributed by atoms with Crippen LogP contribution in [-0.2, 0) is 10.2 Å². The summed E-state index contributed by atoms with van der Waals surface area (Å²) in [5.74, 6) is 1.94. The van der Waals surface area contributed by atoms with Crippen molar-refractivity contribution in [2.75, 3.05) is 0 Å². The smallest absolute Gasteiger partial charge is 0.158 e. The van der Waals surface area contributed by atoms with Crippen molar-refractivity contribution in [3.05, 3.63) is 34.9 Å². The molecule has 4 rings (SSSR count). The summed E-state index contributed by atoms with van der Waals surface area (Å²) in [6.07, 6.45) is 11.3. The van der Waals surface area contributed by atoms with E-state index in [9.17, 15) is 15.0 Å². The van der Waals surface area contributed by atoms with Gasteiger partial charge in [0.05, 0.1) is 6.10 Å². The average Bonchev–Trinajstić information content (AvgIpc) is 2.74. The van der Waals surface area contributed by atoms with Gasteiger partial charge in [-0.25, -0.2) is 0 Å². The van der Waals surface area contributed by atoms with Crippen molar-refractivity contribution in [3.8, 4) is 11.5 Å². The topological polar surface area (TPSA) is 66.8 Å². The average molecular weight is 469 g/mol. The van der Waals surface area contributed by atoms with Crippen LogP contribution in [0.25, 0.3) is 0 Å².